The van der Waals surface area contributed by atoms with E-state index in [0.29, 0.717) is 16.3 Å². The number of furan rings is 1. The Kier molecular flexibility index (Phi) is 3.87. The fraction of sp³-hybridized carbons (Fsp3) is 0. The molecule has 0 saturated heterocycles. The van der Waals surface area contributed by atoms with Gasteiger partial charge in [-0.15, -0.1) is 0 Å². The average molecular weight is 584 g/mol. The van der Waals surface area contributed by atoms with E-state index in [1.54, 1.807) is 0 Å². The lowest BCUT2D eigenvalue weighted by Gasteiger charge is -2.21. The van der Waals surface area contributed by atoms with Gasteiger partial charge >= 0.3 is 0 Å². The van der Waals surface area contributed by atoms with E-state index in [1.165, 1.54) is 0 Å². The minimum absolute atomic E-state index is 0.0608. The molecule has 210 valence electrons. The van der Waals surface area contributed by atoms with Gasteiger partial charge in [-0.25, -0.2) is 0 Å². The molecule has 9 aromatic rings. The molecule has 0 spiro atoms. The Hall–Kier alpha value is -5.92. The maximum atomic E-state index is 9.77. The first kappa shape index (κ1) is 16.8. The zero-order valence-electron chi connectivity index (χ0n) is 34.7. The summed E-state index contributed by atoms with van der Waals surface area (Å²) in [6.07, 6.45) is 0. The van der Waals surface area contributed by atoms with Gasteiger partial charge in [-0.05, 0) is 72.6 Å². The van der Waals surface area contributed by atoms with Crippen LogP contribution in [-0.4, -0.2) is 0 Å². The van der Waals surface area contributed by atoms with E-state index in [-0.39, 0.29) is 44.7 Å². The van der Waals surface area contributed by atoms with Crippen LogP contribution in [0.15, 0.2) is 174 Å². The van der Waals surface area contributed by atoms with E-state index >= 15 is 0 Å². The number of para-hydroxylation sites is 1. The summed E-state index contributed by atoms with van der Waals surface area (Å²) < 4.78 is 104. The van der Waals surface area contributed by atoms with Crippen LogP contribution in [0.4, 0.5) is 0 Å². The number of fused-ring (bicyclic) bond motifs is 5. The maximum Gasteiger partial charge on any atom is 0.143 e. The highest BCUT2D eigenvalue weighted by atomic mass is 16.3. The third-order valence-corrected chi connectivity index (χ3v) is 8.34. The quantitative estimate of drug-likeness (QED) is 0.188. The lowest BCUT2D eigenvalue weighted by molar-refractivity contribution is 0.670. The maximum absolute atomic E-state index is 9.77. The summed E-state index contributed by atoms with van der Waals surface area (Å²) in [6.45, 7) is 0. The third-order valence-electron chi connectivity index (χ3n) is 8.34. The number of benzene rings is 8. The molecule has 0 saturated carbocycles. The van der Waals surface area contributed by atoms with E-state index in [2.05, 4.69) is 12.1 Å². The van der Waals surface area contributed by atoms with E-state index in [1.807, 2.05) is 91.0 Å². The van der Waals surface area contributed by atoms with Gasteiger partial charge < -0.3 is 4.42 Å². The van der Waals surface area contributed by atoms with Crippen LogP contribution in [0.1, 0.15) is 15.1 Å². The van der Waals surface area contributed by atoms with Crippen molar-refractivity contribution in [2.24, 2.45) is 0 Å². The Balaban J connectivity index is 1.54. The molecule has 45 heavy (non-hydrogen) atoms. The molecule has 9 rings (SSSR count). The summed E-state index contributed by atoms with van der Waals surface area (Å²) in [5, 5.41) is 2.66. The third kappa shape index (κ3) is 4.02. The summed E-state index contributed by atoms with van der Waals surface area (Å²) in [6, 6.07) is 27.5. The Bertz CT molecular complexity index is 3070. The zero-order chi connectivity index (χ0) is 39.3. The molecule has 1 nitrogen and oxygen atoms in total. The molecule has 1 heterocycles. The second-order valence-electron chi connectivity index (χ2n) is 10.8. The van der Waals surface area contributed by atoms with E-state index in [0.717, 1.165) is 33.0 Å². The summed E-state index contributed by atoms with van der Waals surface area (Å²) in [5.74, 6) is 0. The number of hydrogen-bond donors (Lipinski definition) is 0. The van der Waals surface area contributed by atoms with E-state index in [9.17, 15) is 2.74 Å². The van der Waals surface area contributed by atoms with Gasteiger partial charge in [0.2, 0.25) is 0 Å². The van der Waals surface area contributed by atoms with Crippen molar-refractivity contribution in [3.63, 3.8) is 0 Å². The highest BCUT2D eigenvalue weighted by Crippen LogP contribution is 2.49. The highest BCUT2D eigenvalue weighted by molar-refractivity contribution is 6.25. The lowest BCUT2D eigenvalue weighted by atomic mass is 9.82. The summed E-state index contributed by atoms with van der Waals surface area (Å²) in [7, 11) is 0. The molecule has 1 heteroatoms. The number of hydrogen-bond acceptors (Lipinski definition) is 1. The van der Waals surface area contributed by atoms with E-state index in [4.69, 9.17) is 16.8 Å². The summed E-state index contributed by atoms with van der Waals surface area (Å²) in [5.41, 5.74) is 3.56. The molecule has 0 radical (unpaired) electrons. The fourth-order valence-corrected chi connectivity index (χ4v) is 6.48. The second-order valence-corrected chi connectivity index (χ2v) is 10.8. The normalized spacial score (nSPS) is 15.0. The Labute approximate surface area is 277 Å². The molecule has 0 fully saturated rings. The minimum Gasteiger partial charge on any atom is -0.455 e. The molecule has 0 aliphatic rings. The van der Waals surface area contributed by atoms with Crippen LogP contribution in [0, 0.1) is 0 Å². The zero-order valence-corrected chi connectivity index (χ0v) is 23.7. The van der Waals surface area contributed by atoms with Gasteiger partial charge in [0.15, 0.2) is 0 Å². The first-order valence-electron chi connectivity index (χ1n) is 20.1. The van der Waals surface area contributed by atoms with Crippen molar-refractivity contribution in [3.8, 4) is 44.5 Å². The van der Waals surface area contributed by atoms with Gasteiger partial charge in [0.25, 0.3) is 0 Å². The van der Waals surface area contributed by atoms with Crippen molar-refractivity contribution < 1.29 is 19.5 Å². The van der Waals surface area contributed by atoms with Gasteiger partial charge in [-0.2, -0.15) is 0 Å². The molecular weight excluding hydrogens is 544 g/mol. The van der Waals surface area contributed by atoms with E-state index < -0.39 is 60.4 Å². The highest BCUT2D eigenvalue weighted by Gasteiger charge is 2.23. The standard InChI is InChI=1S/C44H28O/c1-3-15-29(16-4-1)31-19-7-8-21-33(31)42-34-22-9-11-24-36(34)43(37-25-12-10-23-35(37)42)39-28-27-38-32-20-13-14-26-40(32)45-44(38)41(39)30-17-5-2-6-18-30/h1-28H/i2D,5D,6D,13D,14D,17D,18D,20D,26D,27D,28D. The molecule has 1 aromatic heterocycles. The molecule has 0 bridgehead atoms. The summed E-state index contributed by atoms with van der Waals surface area (Å²) in [4.78, 5) is 0. The molecule has 0 aliphatic carbocycles. The molecule has 0 N–H and O–H groups in total. The van der Waals surface area contributed by atoms with Crippen molar-refractivity contribution in [1.29, 1.82) is 0 Å². The monoisotopic (exact) mass is 583 g/mol. The molecule has 0 atom stereocenters. The largest absolute Gasteiger partial charge is 0.455 e. The van der Waals surface area contributed by atoms with Crippen LogP contribution >= 0.6 is 0 Å². The smallest absolute Gasteiger partial charge is 0.143 e. The van der Waals surface area contributed by atoms with Gasteiger partial charge in [0, 0.05) is 16.3 Å². The van der Waals surface area contributed by atoms with Crippen LogP contribution < -0.4 is 0 Å². The average Bonchev–Trinajstić information content (AvgIpc) is 3.63. The Morgan fingerprint density at radius 3 is 1.60 bits per heavy atom. The van der Waals surface area contributed by atoms with Crippen LogP contribution in [0.2, 0.25) is 0 Å². The lowest BCUT2D eigenvalue weighted by Crippen LogP contribution is -1.94. The molecule has 0 amide bonds. The Morgan fingerprint density at radius 2 is 0.911 bits per heavy atom. The van der Waals surface area contributed by atoms with Gasteiger partial charge in [-0.1, -0.05) is 158 Å². The minimum atomic E-state index is -0.621. The van der Waals surface area contributed by atoms with Crippen LogP contribution in [0.3, 0.4) is 0 Å². The van der Waals surface area contributed by atoms with Gasteiger partial charge in [0.05, 0.1) is 15.1 Å². The van der Waals surface area contributed by atoms with Gasteiger partial charge in [-0.3, -0.25) is 0 Å². The van der Waals surface area contributed by atoms with Crippen LogP contribution in [-0.2, 0) is 0 Å². The van der Waals surface area contributed by atoms with Crippen molar-refractivity contribution in [1.82, 2.24) is 0 Å². The fourth-order valence-electron chi connectivity index (χ4n) is 6.48. The van der Waals surface area contributed by atoms with Crippen LogP contribution in [0.5, 0.6) is 0 Å². The molecule has 0 aliphatic heterocycles. The molecule has 8 aromatic carbocycles. The Morgan fingerprint density at radius 1 is 0.356 bits per heavy atom. The van der Waals surface area contributed by atoms with Crippen molar-refractivity contribution in [2.75, 3.05) is 0 Å². The predicted octanol–water partition coefficient (Wildman–Crippen LogP) is 12.6. The van der Waals surface area contributed by atoms with Crippen LogP contribution in [0.25, 0.3) is 88.0 Å². The van der Waals surface area contributed by atoms with Crippen molar-refractivity contribution in [3.05, 3.63) is 170 Å². The van der Waals surface area contributed by atoms with Crippen molar-refractivity contribution >= 4 is 43.5 Å². The van der Waals surface area contributed by atoms with Crippen molar-refractivity contribution in [2.45, 2.75) is 0 Å². The second kappa shape index (κ2) is 10.4. The summed E-state index contributed by atoms with van der Waals surface area (Å²) >= 11 is 0. The molecule has 0 unspecified atom stereocenters. The topological polar surface area (TPSA) is 13.1 Å². The molecular formula is C44H28O. The van der Waals surface area contributed by atoms with Gasteiger partial charge in [0.1, 0.15) is 11.2 Å². The first-order valence-corrected chi connectivity index (χ1v) is 14.6. The number of rotatable bonds is 4. The SMILES string of the molecule is [2H]c1c([2H])c([2H])c(-c2c(-c3c4ccccc4c(-c4ccccc4-c4ccccc4)c4ccccc34)c([2H])c([2H])c3c2oc2c([2H])c([2H])c([2H])c([2H])c23)c([2H])c1[2H]. The first-order chi connectivity index (χ1) is 26.9. The predicted molar refractivity (Wildman–Crippen MR) is 190 cm³/mol.